The van der Waals surface area contributed by atoms with Crippen LogP contribution in [0.2, 0.25) is 0 Å². The van der Waals surface area contributed by atoms with E-state index in [4.69, 9.17) is 16.6 Å². The number of hydrogen-bond acceptors (Lipinski definition) is 9. The number of carboxylic acid groups (broad SMARTS) is 2. The quantitative estimate of drug-likeness (QED) is 0.0778. The van der Waals surface area contributed by atoms with Crippen LogP contribution < -0.4 is 38.1 Å². The Labute approximate surface area is 240 Å². The topological polar surface area (TPSA) is 284 Å². The molecule has 1 saturated heterocycles. The lowest BCUT2D eigenvalue weighted by Crippen LogP contribution is -2.59. The monoisotopic (exact) mass is 602 g/mol. The molecular weight excluding hydrogens is 564 g/mol. The molecule has 18 heteroatoms. The zero-order valence-electron chi connectivity index (χ0n) is 23.0. The van der Waals surface area contributed by atoms with Crippen molar-refractivity contribution < 1.29 is 43.8 Å². The number of carbonyl (C=O) groups is 7. The molecule has 0 radical (unpaired) electrons. The predicted octanol–water partition coefficient (Wildman–Crippen LogP) is -3.55. The van der Waals surface area contributed by atoms with Gasteiger partial charge < -0.3 is 48.3 Å². The van der Waals surface area contributed by atoms with E-state index in [1.165, 1.54) is 0 Å². The lowest BCUT2D eigenvalue weighted by Gasteiger charge is -2.32. The second-order valence-electron chi connectivity index (χ2n) is 10.2. The Morgan fingerprint density at radius 2 is 1.59 bits per heavy atom. The van der Waals surface area contributed by atoms with E-state index in [1.807, 2.05) is 0 Å². The van der Waals surface area contributed by atoms with Crippen molar-refractivity contribution in [1.82, 2.24) is 26.6 Å². The fraction of sp³-hybridized carbons (Fsp3) is 0.652. The molecule has 0 aromatic rings. The Morgan fingerprint density at radius 1 is 0.927 bits per heavy atom. The molecule has 41 heavy (non-hydrogen) atoms. The summed E-state index contributed by atoms with van der Waals surface area (Å²) in [5.74, 6) is -7.71. The van der Waals surface area contributed by atoms with Crippen LogP contribution in [0.3, 0.4) is 0 Å². The molecule has 1 fully saturated rings. The zero-order valence-corrected chi connectivity index (χ0v) is 23.8. The average Bonchev–Trinajstić information content (AvgIpc) is 2.84. The van der Waals surface area contributed by atoms with E-state index in [-0.39, 0.29) is 36.9 Å². The first-order chi connectivity index (χ1) is 19.0. The van der Waals surface area contributed by atoms with Crippen molar-refractivity contribution in [3.05, 3.63) is 0 Å². The number of hydrogen-bond donors (Lipinski definition) is 9. The summed E-state index contributed by atoms with van der Waals surface area (Å²) in [7, 11) is 0. The Balaban J connectivity index is 3.30. The van der Waals surface area contributed by atoms with E-state index in [2.05, 4.69) is 31.6 Å². The highest BCUT2D eigenvalue weighted by atomic mass is 32.2. The van der Waals surface area contributed by atoms with Gasteiger partial charge in [-0.2, -0.15) is 0 Å². The second kappa shape index (κ2) is 16.2. The van der Waals surface area contributed by atoms with Crippen LogP contribution in [0, 0.1) is 5.41 Å². The maximum atomic E-state index is 13.2. The van der Waals surface area contributed by atoms with Gasteiger partial charge in [-0.25, -0.2) is 4.79 Å². The molecule has 0 unspecified atom stereocenters. The van der Waals surface area contributed by atoms with Crippen LogP contribution in [0.15, 0.2) is 4.99 Å². The Hall–Kier alpha value is -4.09. The molecule has 5 amide bonds. The largest absolute Gasteiger partial charge is 0.481 e. The SMILES string of the molecule is CC(C)(C)[C@@H]1NC(=O)CSC[C@@H](C(=O)O)NC(=O)[C@H](CC(=O)O)NC(=O)CNC(=O)[C@H](CCCN=C(N)N)NC1=O. The van der Waals surface area contributed by atoms with E-state index < -0.39 is 84.0 Å². The highest BCUT2D eigenvalue weighted by Gasteiger charge is 2.35. The summed E-state index contributed by atoms with van der Waals surface area (Å²) in [4.78, 5) is 90.8. The summed E-state index contributed by atoms with van der Waals surface area (Å²) in [6.07, 6.45) is -0.556. The normalized spacial score (nSPS) is 23.8. The Bertz CT molecular complexity index is 1040. The third kappa shape index (κ3) is 13.2. The fourth-order valence-corrected chi connectivity index (χ4v) is 4.39. The summed E-state index contributed by atoms with van der Waals surface area (Å²) >= 11 is 0.850. The number of nitrogens with two attached hydrogens (primary N) is 2. The summed E-state index contributed by atoms with van der Waals surface area (Å²) in [6.45, 7) is 4.53. The molecule has 1 heterocycles. The number of nitrogens with one attached hydrogen (secondary N) is 5. The highest BCUT2D eigenvalue weighted by Crippen LogP contribution is 2.20. The molecule has 0 saturated carbocycles. The fourth-order valence-electron chi connectivity index (χ4n) is 3.54. The van der Waals surface area contributed by atoms with Crippen LogP contribution in [0.25, 0.3) is 0 Å². The van der Waals surface area contributed by atoms with Crippen molar-refractivity contribution >= 4 is 59.2 Å². The van der Waals surface area contributed by atoms with Crippen LogP contribution in [0.1, 0.15) is 40.0 Å². The van der Waals surface area contributed by atoms with E-state index in [1.54, 1.807) is 20.8 Å². The predicted molar refractivity (Wildman–Crippen MR) is 147 cm³/mol. The number of thioether (sulfide) groups is 1. The van der Waals surface area contributed by atoms with Gasteiger partial charge in [0.25, 0.3) is 0 Å². The van der Waals surface area contributed by atoms with Gasteiger partial charge in [0.1, 0.15) is 24.2 Å². The Kier molecular flexibility index (Phi) is 13.8. The number of guanidine groups is 1. The molecule has 0 bridgehead atoms. The number of amides is 5. The van der Waals surface area contributed by atoms with Gasteiger partial charge >= 0.3 is 11.9 Å². The van der Waals surface area contributed by atoms with Gasteiger partial charge in [-0.3, -0.25) is 33.8 Å². The summed E-state index contributed by atoms with van der Waals surface area (Å²) in [5.41, 5.74) is 9.83. The number of carboxylic acids is 2. The molecule has 17 nitrogen and oxygen atoms in total. The number of aliphatic imine (C=N–C) groups is 1. The molecule has 1 aliphatic heterocycles. The summed E-state index contributed by atoms with van der Waals surface area (Å²) in [6, 6.07) is -5.45. The highest BCUT2D eigenvalue weighted by molar-refractivity contribution is 8.00. The van der Waals surface area contributed by atoms with Crippen molar-refractivity contribution in [2.45, 2.75) is 64.2 Å². The van der Waals surface area contributed by atoms with Crippen molar-refractivity contribution in [3.63, 3.8) is 0 Å². The number of aliphatic carboxylic acids is 2. The molecule has 1 rings (SSSR count). The van der Waals surface area contributed by atoms with E-state index in [9.17, 15) is 38.7 Å². The van der Waals surface area contributed by atoms with Gasteiger partial charge in [0, 0.05) is 12.3 Å². The molecular formula is C23H38N8O9S. The smallest absolute Gasteiger partial charge is 0.327 e. The Morgan fingerprint density at radius 3 is 2.15 bits per heavy atom. The van der Waals surface area contributed by atoms with E-state index >= 15 is 0 Å². The van der Waals surface area contributed by atoms with Gasteiger partial charge in [0.15, 0.2) is 5.96 Å². The maximum absolute atomic E-state index is 13.2. The van der Waals surface area contributed by atoms with Crippen LogP contribution in [-0.4, -0.2) is 106 Å². The van der Waals surface area contributed by atoms with Crippen molar-refractivity contribution in [3.8, 4) is 0 Å². The summed E-state index contributed by atoms with van der Waals surface area (Å²) in [5, 5.41) is 30.5. The van der Waals surface area contributed by atoms with Crippen molar-refractivity contribution in [2.75, 3.05) is 24.6 Å². The summed E-state index contributed by atoms with van der Waals surface area (Å²) < 4.78 is 0. The molecule has 1 aliphatic rings. The standard InChI is InChI=1S/C23H38N8O9S/c1-23(2,3)17-20(38)29-11(5-4-6-26-22(24)25)18(36)27-8-14(32)28-12(7-16(34)35)19(37)30-13(21(39)40)9-41-10-15(33)31-17/h11-13,17H,4-10H2,1-3H3,(H,27,36)(H,28,32)(H,29,38)(H,30,37)(H,31,33)(H,34,35)(H,39,40)(H4,24,25,26)/t11-,12-,13-,17+/m0/s1. The lowest BCUT2D eigenvalue weighted by atomic mass is 9.85. The third-order valence-electron chi connectivity index (χ3n) is 5.60. The molecule has 230 valence electrons. The van der Waals surface area contributed by atoms with Crippen LogP contribution in [0.4, 0.5) is 0 Å². The minimum Gasteiger partial charge on any atom is -0.481 e. The van der Waals surface area contributed by atoms with E-state index in [0.717, 1.165) is 11.8 Å². The minimum absolute atomic E-state index is 0.0528. The molecule has 0 aliphatic carbocycles. The first-order valence-corrected chi connectivity index (χ1v) is 13.7. The second-order valence-corrected chi connectivity index (χ2v) is 11.3. The molecule has 0 spiro atoms. The van der Waals surface area contributed by atoms with Gasteiger partial charge in [0.05, 0.1) is 18.7 Å². The first kappa shape index (κ1) is 34.9. The number of nitrogens with zero attached hydrogens (tertiary/aromatic N) is 1. The lowest BCUT2D eigenvalue weighted by molar-refractivity contribution is -0.143. The van der Waals surface area contributed by atoms with E-state index in [0.29, 0.717) is 0 Å². The maximum Gasteiger partial charge on any atom is 0.327 e. The minimum atomic E-state index is -1.66. The zero-order chi connectivity index (χ0) is 31.3. The van der Waals surface area contributed by atoms with Crippen LogP contribution in [0.5, 0.6) is 0 Å². The van der Waals surface area contributed by atoms with Crippen LogP contribution >= 0.6 is 11.8 Å². The molecule has 0 aromatic heterocycles. The van der Waals surface area contributed by atoms with Gasteiger partial charge in [-0.15, -0.1) is 11.8 Å². The number of carbonyl (C=O) groups excluding carboxylic acids is 5. The van der Waals surface area contributed by atoms with Crippen molar-refractivity contribution in [2.24, 2.45) is 21.9 Å². The first-order valence-electron chi connectivity index (χ1n) is 12.6. The van der Waals surface area contributed by atoms with Crippen LogP contribution in [-0.2, 0) is 33.6 Å². The number of rotatable bonds is 7. The molecule has 4 atom stereocenters. The van der Waals surface area contributed by atoms with Gasteiger partial charge in [0.2, 0.25) is 29.5 Å². The molecule has 0 aromatic carbocycles. The third-order valence-corrected chi connectivity index (χ3v) is 6.63. The van der Waals surface area contributed by atoms with Crippen molar-refractivity contribution in [1.29, 1.82) is 0 Å². The van der Waals surface area contributed by atoms with Gasteiger partial charge in [-0.05, 0) is 18.3 Å². The average molecular weight is 603 g/mol. The van der Waals surface area contributed by atoms with Gasteiger partial charge in [-0.1, -0.05) is 20.8 Å². The molecule has 11 N–H and O–H groups in total.